The summed E-state index contributed by atoms with van der Waals surface area (Å²) in [6, 6.07) is 6.29. The van der Waals surface area contributed by atoms with Crippen LogP contribution in [0.2, 0.25) is 0 Å². The molecule has 0 saturated heterocycles. The summed E-state index contributed by atoms with van der Waals surface area (Å²) in [5, 5.41) is 9.22. The van der Waals surface area contributed by atoms with Crippen LogP contribution in [-0.2, 0) is 17.6 Å². The first-order chi connectivity index (χ1) is 7.93. The van der Waals surface area contributed by atoms with Gasteiger partial charge in [0.1, 0.15) is 5.54 Å². The maximum Gasteiger partial charge on any atom is 0.328 e. The Labute approximate surface area is 102 Å². The van der Waals surface area contributed by atoms with Crippen molar-refractivity contribution in [3.05, 3.63) is 29.3 Å². The van der Waals surface area contributed by atoms with Crippen molar-refractivity contribution in [2.45, 2.75) is 38.6 Å². The lowest BCUT2D eigenvalue weighted by atomic mass is 10.0. The molecule has 0 saturated carbocycles. The van der Waals surface area contributed by atoms with Gasteiger partial charge in [0.25, 0.3) is 0 Å². The van der Waals surface area contributed by atoms with Gasteiger partial charge in [-0.05, 0) is 56.4 Å². The number of nitrogens with zero attached hydrogens (tertiary/aromatic N) is 1. The Balaban J connectivity index is 2.32. The summed E-state index contributed by atoms with van der Waals surface area (Å²) in [6.45, 7) is 3.45. The molecule has 0 aromatic heterocycles. The third kappa shape index (κ3) is 2.02. The van der Waals surface area contributed by atoms with E-state index in [0.29, 0.717) is 0 Å². The number of likely N-dealkylation sites (N-methyl/N-ethyl adjacent to an activating group) is 1. The highest BCUT2D eigenvalue weighted by molar-refractivity contribution is 5.82. The minimum absolute atomic E-state index is 0.805. The molecular weight excluding hydrogens is 214 g/mol. The maximum atomic E-state index is 11.2. The zero-order valence-corrected chi connectivity index (χ0v) is 10.7. The number of hydrogen-bond acceptors (Lipinski definition) is 2. The van der Waals surface area contributed by atoms with E-state index in [1.807, 2.05) is 18.0 Å². The van der Waals surface area contributed by atoms with E-state index in [9.17, 15) is 9.90 Å². The summed E-state index contributed by atoms with van der Waals surface area (Å²) >= 11 is 0. The second kappa shape index (κ2) is 4.06. The smallest absolute Gasteiger partial charge is 0.328 e. The molecule has 2 rings (SSSR count). The molecule has 1 N–H and O–H groups in total. The van der Waals surface area contributed by atoms with Crippen molar-refractivity contribution in [3.63, 3.8) is 0 Å². The summed E-state index contributed by atoms with van der Waals surface area (Å²) < 4.78 is 0. The molecule has 0 amide bonds. The number of aliphatic carboxylic acids is 1. The fourth-order valence-corrected chi connectivity index (χ4v) is 2.23. The van der Waals surface area contributed by atoms with Crippen LogP contribution in [0.25, 0.3) is 0 Å². The SMILES string of the molecule is CN(c1ccc2c(c1)CCC2)C(C)(C)C(=O)O. The van der Waals surface area contributed by atoms with Gasteiger partial charge in [-0.2, -0.15) is 0 Å². The molecule has 0 bridgehead atoms. The maximum absolute atomic E-state index is 11.2. The van der Waals surface area contributed by atoms with Gasteiger partial charge in [-0.15, -0.1) is 0 Å². The van der Waals surface area contributed by atoms with Crippen LogP contribution in [0.15, 0.2) is 18.2 Å². The molecule has 1 aliphatic rings. The molecule has 0 aliphatic heterocycles. The molecule has 0 heterocycles. The van der Waals surface area contributed by atoms with E-state index in [-0.39, 0.29) is 0 Å². The quantitative estimate of drug-likeness (QED) is 0.872. The molecule has 3 nitrogen and oxygen atoms in total. The summed E-state index contributed by atoms with van der Waals surface area (Å²) in [7, 11) is 1.84. The average Bonchev–Trinajstić information content (AvgIpc) is 2.74. The minimum Gasteiger partial charge on any atom is -0.480 e. The molecule has 1 aromatic carbocycles. The number of anilines is 1. The van der Waals surface area contributed by atoms with Crippen LogP contribution in [0, 0.1) is 0 Å². The van der Waals surface area contributed by atoms with E-state index in [1.54, 1.807) is 13.8 Å². The molecular formula is C14H19NO2. The zero-order valence-electron chi connectivity index (χ0n) is 10.7. The third-order valence-corrected chi connectivity index (χ3v) is 3.83. The van der Waals surface area contributed by atoms with E-state index in [1.165, 1.54) is 17.5 Å². The normalized spacial score (nSPS) is 14.5. The second-order valence-electron chi connectivity index (χ2n) is 5.23. The van der Waals surface area contributed by atoms with E-state index in [4.69, 9.17) is 0 Å². The van der Waals surface area contributed by atoms with Crippen molar-refractivity contribution in [3.8, 4) is 0 Å². The standard InChI is InChI=1S/C14H19NO2/c1-14(2,13(16)17)15(3)12-8-7-10-5-4-6-11(10)9-12/h7-9H,4-6H2,1-3H3,(H,16,17). The Bertz CT molecular complexity index is 452. The lowest BCUT2D eigenvalue weighted by Crippen LogP contribution is -2.48. The van der Waals surface area contributed by atoms with Crippen LogP contribution in [-0.4, -0.2) is 23.7 Å². The molecule has 0 radical (unpaired) electrons. The summed E-state index contributed by atoms with van der Waals surface area (Å²) in [5.41, 5.74) is 2.89. The van der Waals surface area contributed by atoms with Gasteiger partial charge in [-0.1, -0.05) is 6.07 Å². The predicted molar refractivity (Wildman–Crippen MR) is 68.6 cm³/mol. The molecule has 3 heteroatoms. The number of carboxylic acids is 1. The first-order valence-electron chi connectivity index (χ1n) is 6.02. The predicted octanol–water partition coefficient (Wildman–Crippen LogP) is 2.47. The van der Waals surface area contributed by atoms with Gasteiger partial charge in [0, 0.05) is 12.7 Å². The van der Waals surface area contributed by atoms with Gasteiger partial charge in [-0.3, -0.25) is 0 Å². The van der Waals surface area contributed by atoms with Gasteiger partial charge >= 0.3 is 5.97 Å². The van der Waals surface area contributed by atoms with Crippen molar-refractivity contribution in [2.24, 2.45) is 0 Å². The Morgan fingerprint density at radius 3 is 2.59 bits per heavy atom. The first kappa shape index (κ1) is 12.0. The van der Waals surface area contributed by atoms with Crippen LogP contribution < -0.4 is 4.90 Å². The monoisotopic (exact) mass is 233 g/mol. The highest BCUT2D eigenvalue weighted by atomic mass is 16.4. The Hall–Kier alpha value is -1.51. The Morgan fingerprint density at radius 1 is 1.29 bits per heavy atom. The number of aryl methyl sites for hydroxylation is 2. The van der Waals surface area contributed by atoms with Crippen molar-refractivity contribution >= 4 is 11.7 Å². The van der Waals surface area contributed by atoms with E-state index < -0.39 is 11.5 Å². The number of benzene rings is 1. The molecule has 1 aromatic rings. The molecule has 0 spiro atoms. The van der Waals surface area contributed by atoms with Gasteiger partial charge in [0.15, 0.2) is 0 Å². The largest absolute Gasteiger partial charge is 0.480 e. The summed E-state index contributed by atoms with van der Waals surface area (Å²) in [6.07, 6.45) is 3.48. The van der Waals surface area contributed by atoms with Crippen LogP contribution in [0.4, 0.5) is 5.69 Å². The zero-order chi connectivity index (χ0) is 12.6. The van der Waals surface area contributed by atoms with Crippen molar-refractivity contribution < 1.29 is 9.90 Å². The first-order valence-corrected chi connectivity index (χ1v) is 6.02. The average molecular weight is 233 g/mol. The molecule has 0 atom stereocenters. The third-order valence-electron chi connectivity index (χ3n) is 3.83. The van der Waals surface area contributed by atoms with Crippen LogP contribution in [0.1, 0.15) is 31.4 Å². The topological polar surface area (TPSA) is 40.5 Å². The van der Waals surface area contributed by atoms with Gasteiger partial charge in [0.2, 0.25) is 0 Å². The minimum atomic E-state index is -0.882. The summed E-state index contributed by atoms with van der Waals surface area (Å²) in [5.74, 6) is -0.805. The molecule has 0 unspecified atom stereocenters. The lowest BCUT2D eigenvalue weighted by molar-refractivity contribution is -0.142. The molecule has 92 valence electrons. The van der Waals surface area contributed by atoms with E-state index >= 15 is 0 Å². The number of fused-ring (bicyclic) bond motifs is 1. The lowest BCUT2D eigenvalue weighted by Gasteiger charge is -2.33. The van der Waals surface area contributed by atoms with Crippen LogP contribution in [0.5, 0.6) is 0 Å². The van der Waals surface area contributed by atoms with Gasteiger partial charge in [0.05, 0.1) is 0 Å². The Kier molecular flexibility index (Phi) is 2.86. The highest BCUT2D eigenvalue weighted by Crippen LogP contribution is 2.29. The number of carboxylic acid groups (broad SMARTS) is 1. The van der Waals surface area contributed by atoms with Crippen molar-refractivity contribution in [1.29, 1.82) is 0 Å². The van der Waals surface area contributed by atoms with Crippen molar-refractivity contribution in [2.75, 3.05) is 11.9 Å². The molecule has 17 heavy (non-hydrogen) atoms. The fraction of sp³-hybridized carbons (Fsp3) is 0.500. The number of carbonyl (C=O) groups is 1. The second-order valence-corrected chi connectivity index (χ2v) is 5.23. The van der Waals surface area contributed by atoms with Gasteiger partial charge in [-0.25, -0.2) is 4.79 Å². The van der Waals surface area contributed by atoms with Crippen LogP contribution >= 0.6 is 0 Å². The van der Waals surface area contributed by atoms with Crippen molar-refractivity contribution in [1.82, 2.24) is 0 Å². The Morgan fingerprint density at radius 2 is 1.94 bits per heavy atom. The molecule has 0 fully saturated rings. The molecule has 1 aliphatic carbocycles. The summed E-state index contributed by atoms with van der Waals surface area (Å²) in [4.78, 5) is 13.1. The van der Waals surface area contributed by atoms with E-state index in [2.05, 4.69) is 12.1 Å². The number of rotatable bonds is 3. The van der Waals surface area contributed by atoms with Crippen LogP contribution in [0.3, 0.4) is 0 Å². The van der Waals surface area contributed by atoms with Gasteiger partial charge < -0.3 is 10.0 Å². The highest BCUT2D eigenvalue weighted by Gasteiger charge is 2.32. The number of hydrogen-bond donors (Lipinski definition) is 1. The van der Waals surface area contributed by atoms with E-state index in [0.717, 1.165) is 18.5 Å². The fourth-order valence-electron chi connectivity index (χ4n) is 2.23.